The SMILES string of the molecule is CCOc1ccc(CCO)cc1OC. The number of benzene rings is 1. The number of aliphatic hydroxyl groups is 1. The van der Waals surface area contributed by atoms with Crippen molar-refractivity contribution in [3.63, 3.8) is 0 Å². The third kappa shape index (κ3) is 2.64. The van der Waals surface area contributed by atoms with E-state index < -0.39 is 0 Å². The molecule has 0 saturated carbocycles. The van der Waals surface area contributed by atoms with Gasteiger partial charge in [-0.25, -0.2) is 0 Å². The lowest BCUT2D eigenvalue weighted by Crippen LogP contribution is -1.97. The molecule has 1 N–H and O–H groups in total. The molecule has 3 nitrogen and oxygen atoms in total. The molecule has 0 aliphatic heterocycles. The smallest absolute Gasteiger partial charge is 0.161 e. The van der Waals surface area contributed by atoms with E-state index in [-0.39, 0.29) is 6.61 Å². The van der Waals surface area contributed by atoms with Crippen LogP contribution in [0.3, 0.4) is 0 Å². The number of ether oxygens (including phenoxy) is 2. The van der Waals surface area contributed by atoms with Crippen molar-refractivity contribution >= 4 is 0 Å². The summed E-state index contributed by atoms with van der Waals surface area (Å²) >= 11 is 0. The van der Waals surface area contributed by atoms with Crippen molar-refractivity contribution in [3.8, 4) is 11.5 Å². The fourth-order valence-electron chi connectivity index (χ4n) is 1.27. The molecule has 0 saturated heterocycles. The van der Waals surface area contributed by atoms with Crippen molar-refractivity contribution in [1.82, 2.24) is 0 Å². The van der Waals surface area contributed by atoms with Crippen LogP contribution >= 0.6 is 0 Å². The zero-order valence-electron chi connectivity index (χ0n) is 8.62. The minimum Gasteiger partial charge on any atom is -0.493 e. The van der Waals surface area contributed by atoms with E-state index in [1.807, 2.05) is 25.1 Å². The molecule has 0 bridgehead atoms. The molecular formula is C11H16O3. The number of rotatable bonds is 5. The molecule has 0 aliphatic rings. The summed E-state index contributed by atoms with van der Waals surface area (Å²) in [6.45, 7) is 2.70. The maximum Gasteiger partial charge on any atom is 0.161 e. The van der Waals surface area contributed by atoms with Crippen molar-refractivity contribution < 1.29 is 14.6 Å². The molecule has 14 heavy (non-hydrogen) atoms. The molecule has 0 amide bonds. The first-order valence-electron chi connectivity index (χ1n) is 4.72. The lowest BCUT2D eigenvalue weighted by atomic mass is 10.1. The zero-order chi connectivity index (χ0) is 10.4. The van der Waals surface area contributed by atoms with Crippen LogP contribution in [0.15, 0.2) is 18.2 Å². The van der Waals surface area contributed by atoms with Gasteiger partial charge in [-0.05, 0) is 31.0 Å². The first kappa shape index (κ1) is 10.9. The van der Waals surface area contributed by atoms with E-state index in [1.54, 1.807) is 7.11 Å². The van der Waals surface area contributed by atoms with E-state index in [1.165, 1.54) is 0 Å². The van der Waals surface area contributed by atoms with Crippen molar-refractivity contribution in [2.45, 2.75) is 13.3 Å². The van der Waals surface area contributed by atoms with Crippen LogP contribution < -0.4 is 9.47 Å². The molecule has 0 radical (unpaired) electrons. The van der Waals surface area contributed by atoms with Crippen molar-refractivity contribution in [2.24, 2.45) is 0 Å². The third-order valence-corrected chi connectivity index (χ3v) is 1.93. The molecule has 1 aromatic rings. The van der Waals surface area contributed by atoms with Gasteiger partial charge in [-0.2, -0.15) is 0 Å². The van der Waals surface area contributed by atoms with Gasteiger partial charge in [0.25, 0.3) is 0 Å². The largest absolute Gasteiger partial charge is 0.493 e. The van der Waals surface area contributed by atoms with E-state index in [9.17, 15) is 0 Å². The quantitative estimate of drug-likeness (QED) is 0.777. The van der Waals surface area contributed by atoms with Crippen LogP contribution in [0.5, 0.6) is 11.5 Å². The maximum absolute atomic E-state index is 8.78. The van der Waals surface area contributed by atoms with Gasteiger partial charge in [-0.15, -0.1) is 0 Å². The van der Waals surface area contributed by atoms with Crippen LogP contribution in [0.4, 0.5) is 0 Å². The Morgan fingerprint density at radius 3 is 2.64 bits per heavy atom. The van der Waals surface area contributed by atoms with Gasteiger partial charge in [-0.3, -0.25) is 0 Å². The highest BCUT2D eigenvalue weighted by Crippen LogP contribution is 2.27. The number of hydrogen-bond acceptors (Lipinski definition) is 3. The summed E-state index contributed by atoms with van der Waals surface area (Å²) in [6, 6.07) is 5.69. The van der Waals surface area contributed by atoms with E-state index in [2.05, 4.69) is 0 Å². The molecule has 0 heterocycles. The van der Waals surface area contributed by atoms with Crippen molar-refractivity contribution in [2.75, 3.05) is 20.3 Å². The van der Waals surface area contributed by atoms with Crippen molar-refractivity contribution in [3.05, 3.63) is 23.8 Å². The van der Waals surface area contributed by atoms with Gasteiger partial charge in [0, 0.05) is 6.61 Å². The summed E-state index contributed by atoms with van der Waals surface area (Å²) in [6.07, 6.45) is 0.642. The number of hydrogen-bond donors (Lipinski definition) is 1. The van der Waals surface area contributed by atoms with E-state index in [0.717, 1.165) is 17.1 Å². The topological polar surface area (TPSA) is 38.7 Å². The van der Waals surface area contributed by atoms with Gasteiger partial charge >= 0.3 is 0 Å². The predicted molar refractivity (Wildman–Crippen MR) is 55.0 cm³/mol. The average Bonchev–Trinajstić information content (AvgIpc) is 2.21. The second-order valence-corrected chi connectivity index (χ2v) is 2.89. The van der Waals surface area contributed by atoms with E-state index >= 15 is 0 Å². The molecule has 3 heteroatoms. The molecule has 78 valence electrons. The molecule has 0 fully saturated rings. The Hall–Kier alpha value is -1.22. The minimum atomic E-state index is 0.150. The first-order chi connectivity index (χ1) is 6.81. The Labute approximate surface area is 84.3 Å². The van der Waals surface area contributed by atoms with Gasteiger partial charge in [0.05, 0.1) is 13.7 Å². The van der Waals surface area contributed by atoms with Crippen LogP contribution in [0.25, 0.3) is 0 Å². The molecule has 0 atom stereocenters. The molecule has 0 spiro atoms. The number of methoxy groups -OCH3 is 1. The van der Waals surface area contributed by atoms with Gasteiger partial charge in [-0.1, -0.05) is 6.07 Å². The van der Waals surface area contributed by atoms with Gasteiger partial charge in [0.1, 0.15) is 0 Å². The summed E-state index contributed by atoms with van der Waals surface area (Å²) in [7, 11) is 1.61. The monoisotopic (exact) mass is 196 g/mol. The minimum absolute atomic E-state index is 0.150. The van der Waals surface area contributed by atoms with Crippen LogP contribution in [-0.4, -0.2) is 25.4 Å². The van der Waals surface area contributed by atoms with E-state index in [0.29, 0.717) is 13.0 Å². The van der Waals surface area contributed by atoms with Crippen LogP contribution in [0.2, 0.25) is 0 Å². The Morgan fingerprint density at radius 2 is 2.07 bits per heavy atom. The highest BCUT2D eigenvalue weighted by Gasteiger charge is 2.04. The highest BCUT2D eigenvalue weighted by molar-refractivity contribution is 5.42. The molecule has 0 aromatic heterocycles. The zero-order valence-corrected chi connectivity index (χ0v) is 8.62. The van der Waals surface area contributed by atoms with Crippen LogP contribution in [0, 0.1) is 0 Å². The van der Waals surface area contributed by atoms with Crippen LogP contribution in [-0.2, 0) is 6.42 Å². The average molecular weight is 196 g/mol. The standard InChI is InChI=1S/C11H16O3/c1-3-14-10-5-4-9(6-7-12)8-11(10)13-2/h4-5,8,12H,3,6-7H2,1-2H3. The summed E-state index contributed by atoms with van der Waals surface area (Å²) in [5, 5.41) is 8.78. The second kappa shape index (κ2) is 5.50. The predicted octanol–water partition coefficient (Wildman–Crippen LogP) is 1.63. The third-order valence-electron chi connectivity index (χ3n) is 1.93. The Morgan fingerprint density at radius 1 is 1.29 bits per heavy atom. The summed E-state index contributed by atoms with van der Waals surface area (Å²) in [5.74, 6) is 1.47. The summed E-state index contributed by atoms with van der Waals surface area (Å²) < 4.78 is 10.6. The fraction of sp³-hybridized carbons (Fsp3) is 0.455. The van der Waals surface area contributed by atoms with Crippen LogP contribution in [0.1, 0.15) is 12.5 Å². The lowest BCUT2D eigenvalue weighted by molar-refractivity contribution is 0.297. The summed E-state index contributed by atoms with van der Waals surface area (Å²) in [5.41, 5.74) is 1.05. The first-order valence-corrected chi connectivity index (χ1v) is 4.72. The molecule has 0 unspecified atom stereocenters. The van der Waals surface area contributed by atoms with Gasteiger partial charge in [0.2, 0.25) is 0 Å². The molecule has 0 aliphatic carbocycles. The second-order valence-electron chi connectivity index (χ2n) is 2.89. The Balaban J connectivity index is 2.87. The van der Waals surface area contributed by atoms with E-state index in [4.69, 9.17) is 14.6 Å². The Bertz CT molecular complexity index is 284. The fourth-order valence-corrected chi connectivity index (χ4v) is 1.27. The number of aliphatic hydroxyl groups excluding tert-OH is 1. The lowest BCUT2D eigenvalue weighted by Gasteiger charge is -2.10. The molecule has 1 aromatic carbocycles. The highest BCUT2D eigenvalue weighted by atomic mass is 16.5. The molecular weight excluding hydrogens is 180 g/mol. The normalized spacial score (nSPS) is 9.93. The van der Waals surface area contributed by atoms with Gasteiger partial charge in [0.15, 0.2) is 11.5 Å². The molecule has 1 rings (SSSR count). The maximum atomic E-state index is 8.78. The van der Waals surface area contributed by atoms with Crippen molar-refractivity contribution in [1.29, 1.82) is 0 Å². The summed E-state index contributed by atoms with van der Waals surface area (Å²) in [4.78, 5) is 0. The Kier molecular flexibility index (Phi) is 4.26. The van der Waals surface area contributed by atoms with Gasteiger partial charge < -0.3 is 14.6 Å².